The molecule has 3 N–H and O–H groups in total. The number of primary amides is 1. The predicted molar refractivity (Wildman–Crippen MR) is 117 cm³/mol. The van der Waals surface area contributed by atoms with E-state index in [-0.39, 0.29) is 17.4 Å². The number of hydrogen-bond acceptors (Lipinski definition) is 5. The van der Waals surface area contributed by atoms with E-state index in [1.54, 1.807) is 6.20 Å². The number of nitrogens with one attached hydrogen (secondary N) is 1. The number of carbonyl (C=O) groups excluding carboxylic acids is 1. The van der Waals surface area contributed by atoms with Gasteiger partial charge in [-0.1, -0.05) is 42.5 Å². The number of fused-ring (bicyclic) bond motifs is 2. The van der Waals surface area contributed by atoms with Crippen LogP contribution in [0.2, 0.25) is 0 Å². The van der Waals surface area contributed by atoms with Gasteiger partial charge in [0.25, 0.3) is 5.56 Å². The first-order chi connectivity index (χ1) is 14.6. The van der Waals surface area contributed by atoms with Gasteiger partial charge in [-0.2, -0.15) is 4.98 Å². The number of pyridine rings is 1. The highest BCUT2D eigenvalue weighted by molar-refractivity contribution is 6.03. The van der Waals surface area contributed by atoms with Crippen molar-refractivity contribution in [3.05, 3.63) is 65.1 Å². The largest absolute Gasteiger partial charge is 0.369 e. The number of carbonyl (C=O) groups is 1. The van der Waals surface area contributed by atoms with Crippen LogP contribution in [0, 0.1) is 5.92 Å². The summed E-state index contributed by atoms with van der Waals surface area (Å²) in [6, 6.07) is 16.0. The molecule has 0 saturated carbocycles. The maximum atomic E-state index is 13.1. The molecule has 0 bridgehead atoms. The topological polar surface area (TPSA) is 105 Å². The van der Waals surface area contributed by atoms with Crippen molar-refractivity contribution >= 4 is 33.7 Å². The van der Waals surface area contributed by atoms with Crippen LogP contribution in [-0.2, 0) is 4.79 Å². The molecular weight excluding hydrogens is 378 g/mol. The summed E-state index contributed by atoms with van der Waals surface area (Å²) < 4.78 is 0. The SMILES string of the molecule is NC(=O)C1CCN(c2nc3nccc(-c4cccc5ccccc45)c3c(=O)[nH]2)CC1. The lowest BCUT2D eigenvalue weighted by atomic mass is 9.96. The van der Waals surface area contributed by atoms with E-state index in [0.29, 0.717) is 42.9 Å². The van der Waals surface area contributed by atoms with Gasteiger partial charge in [0.15, 0.2) is 5.65 Å². The van der Waals surface area contributed by atoms with Gasteiger partial charge in [0.1, 0.15) is 0 Å². The fraction of sp³-hybridized carbons (Fsp3) is 0.217. The van der Waals surface area contributed by atoms with Gasteiger partial charge >= 0.3 is 0 Å². The maximum Gasteiger partial charge on any atom is 0.262 e. The number of piperidine rings is 1. The van der Waals surface area contributed by atoms with E-state index in [0.717, 1.165) is 21.9 Å². The molecule has 150 valence electrons. The minimum atomic E-state index is -0.268. The molecule has 2 aromatic carbocycles. The average molecular weight is 399 g/mol. The Labute approximate surface area is 172 Å². The molecule has 2 aromatic heterocycles. The number of aromatic nitrogens is 3. The lowest BCUT2D eigenvalue weighted by molar-refractivity contribution is -0.122. The lowest BCUT2D eigenvalue weighted by Crippen LogP contribution is -2.40. The fourth-order valence-corrected chi connectivity index (χ4v) is 4.26. The van der Waals surface area contributed by atoms with Crippen molar-refractivity contribution in [3.8, 4) is 11.1 Å². The van der Waals surface area contributed by atoms with E-state index in [2.05, 4.69) is 33.2 Å². The molecule has 0 spiro atoms. The van der Waals surface area contributed by atoms with E-state index in [1.807, 2.05) is 35.2 Å². The van der Waals surface area contributed by atoms with Gasteiger partial charge in [0, 0.05) is 30.8 Å². The molecule has 7 heteroatoms. The summed E-state index contributed by atoms with van der Waals surface area (Å²) in [5, 5.41) is 2.66. The van der Waals surface area contributed by atoms with Crippen LogP contribution in [0.15, 0.2) is 59.5 Å². The summed E-state index contributed by atoms with van der Waals surface area (Å²) in [6.45, 7) is 1.23. The van der Waals surface area contributed by atoms with Gasteiger partial charge in [-0.05, 0) is 35.2 Å². The average Bonchev–Trinajstić information content (AvgIpc) is 2.78. The Morgan fingerprint density at radius 3 is 2.60 bits per heavy atom. The smallest absolute Gasteiger partial charge is 0.262 e. The standard InChI is InChI=1S/C23H21N5O2/c24-20(29)15-9-12-28(13-10-15)23-26-21-19(22(30)27-23)18(8-11-25-21)17-7-3-5-14-4-1-2-6-16(14)17/h1-8,11,15H,9-10,12-13H2,(H2,24,29)(H,25,26,27,30). The van der Waals surface area contributed by atoms with Crippen molar-refractivity contribution in [2.45, 2.75) is 12.8 Å². The van der Waals surface area contributed by atoms with Crippen LogP contribution in [-0.4, -0.2) is 33.9 Å². The van der Waals surface area contributed by atoms with Crippen LogP contribution in [0.3, 0.4) is 0 Å². The number of rotatable bonds is 3. The summed E-state index contributed by atoms with van der Waals surface area (Å²) in [6.07, 6.45) is 3.00. The van der Waals surface area contributed by atoms with Crippen LogP contribution in [0.1, 0.15) is 12.8 Å². The highest BCUT2D eigenvalue weighted by Gasteiger charge is 2.25. The Morgan fingerprint density at radius 2 is 1.80 bits per heavy atom. The van der Waals surface area contributed by atoms with Gasteiger partial charge in [0.2, 0.25) is 11.9 Å². The van der Waals surface area contributed by atoms with Gasteiger partial charge in [-0.3, -0.25) is 14.6 Å². The third kappa shape index (κ3) is 3.08. The number of anilines is 1. The van der Waals surface area contributed by atoms with Crippen LogP contribution >= 0.6 is 0 Å². The van der Waals surface area contributed by atoms with Crippen molar-refractivity contribution in [2.24, 2.45) is 11.7 Å². The normalized spacial score (nSPS) is 15.0. The first-order valence-corrected chi connectivity index (χ1v) is 10.0. The molecule has 0 radical (unpaired) electrons. The molecule has 7 nitrogen and oxygen atoms in total. The zero-order chi connectivity index (χ0) is 20.7. The summed E-state index contributed by atoms with van der Waals surface area (Å²) in [4.78, 5) is 38.4. The molecule has 1 fully saturated rings. The summed E-state index contributed by atoms with van der Waals surface area (Å²) in [7, 11) is 0. The molecule has 1 aliphatic rings. The second kappa shape index (κ2) is 7.26. The molecular formula is C23H21N5O2. The number of H-pyrrole nitrogens is 1. The Morgan fingerprint density at radius 1 is 1.03 bits per heavy atom. The minimum absolute atomic E-state index is 0.121. The summed E-state index contributed by atoms with van der Waals surface area (Å²) >= 11 is 0. The van der Waals surface area contributed by atoms with Gasteiger partial charge in [-0.25, -0.2) is 4.98 Å². The molecule has 0 aliphatic carbocycles. The van der Waals surface area contributed by atoms with E-state index in [1.165, 1.54) is 0 Å². The minimum Gasteiger partial charge on any atom is -0.369 e. The number of amides is 1. The fourth-order valence-electron chi connectivity index (χ4n) is 4.26. The molecule has 3 heterocycles. The number of hydrogen-bond donors (Lipinski definition) is 2. The molecule has 5 rings (SSSR count). The number of nitrogens with two attached hydrogens (primary N) is 1. The Balaban J connectivity index is 1.60. The zero-order valence-electron chi connectivity index (χ0n) is 16.3. The molecule has 0 atom stereocenters. The Hall–Kier alpha value is -3.74. The Bertz CT molecular complexity index is 1320. The summed E-state index contributed by atoms with van der Waals surface area (Å²) in [5.74, 6) is 0.0959. The quantitative estimate of drug-likeness (QED) is 0.551. The van der Waals surface area contributed by atoms with Gasteiger partial charge in [-0.15, -0.1) is 0 Å². The molecule has 0 unspecified atom stereocenters. The number of nitrogens with zero attached hydrogens (tertiary/aromatic N) is 3. The van der Waals surface area contributed by atoms with Crippen LogP contribution in [0.4, 0.5) is 5.95 Å². The second-order valence-electron chi connectivity index (χ2n) is 7.64. The highest BCUT2D eigenvalue weighted by atomic mass is 16.1. The van der Waals surface area contributed by atoms with E-state index < -0.39 is 0 Å². The summed E-state index contributed by atoms with van der Waals surface area (Å²) in [5.41, 5.74) is 7.40. The van der Waals surface area contributed by atoms with Crippen molar-refractivity contribution in [1.29, 1.82) is 0 Å². The Kier molecular flexibility index (Phi) is 4.43. The van der Waals surface area contributed by atoms with Crippen molar-refractivity contribution in [2.75, 3.05) is 18.0 Å². The molecule has 1 aliphatic heterocycles. The monoisotopic (exact) mass is 399 g/mol. The van der Waals surface area contributed by atoms with Gasteiger partial charge in [0.05, 0.1) is 5.39 Å². The zero-order valence-corrected chi connectivity index (χ0v) is 16.3. The molecule has 1 saturated heterocycles. The van der Waals surface area contributed by atoms with E-state index >= 15 is 0 Å². The van der Waals surface area contributed by atoms with Crippen LogP contribution in [0.25, 0.3) is 32.9 Å². The third-order valence-corrected chi connectivity index (χ3v) is 5.87. The first-order valence-electron chi connectivity index (χ1n) is 10.0. The number of aromatic amines is 1. The third-order valence-electron chi connectivity index (χ3n) is 5.87. The van der Waals surface area contributed by atoms with Crippen molar-refractivity contribution in [1.82, 2.24) is 15.0 Å². The first kappa shape index (κ1) is 18.3. The number of benzene rings is 2. The van der Waals surface area contributed by atoms with Crippen molar-refractivity contribution in [3.63, 3.8) is 0 Å². The van der Waals surface area contributed by atoms with Crippen LogP contribution in [0.5, 0.6) is 0 Å². The van der Waals surface area contributed by atoms with Crippen LogP contribution < -0.4 is 16.2 Å². The molecule has 30 heavy (non-hydrogen) atoms. The molecule has 1 amide bonds. The van der Waals surface area contributed by atoms with Crippen molar-refractivity contribution < 1.29 is 4.79 Å². The van der Waals surface area contributed by atoms with E-state index in [9.17, 15) is 9.59 Å². The lowest BCUT2D eigenvalue weighted by Gasteiger charge is -2.30. The second-order valence-corrected chi connectivity index (χ2v) is 7.64. The molecule has 4 aromatic rings. The van der Waals surface area contributed by atoms with Gasteiger partial charge < -0.3 is 10.6 Å². The highest BCUT2D eigenvalue weighted by Crippen LogP contribution is 2.31. The van der Waals surface area contributed by atoms with E-state index in [4.69, 9.17) is 5.73 Å². The maximum absolute atomic E-state index is 13.1. The predicted octanol–water partition coefficient (Wildman–Crippen LogP) is 2.84.